The number of rotatable bonds is 8. The summed E-state index contributed by atoms with van der Waals surface area (Å²) in [7, 11) is 0. The molecule has 0 aliphatic rings. The summed E-state index contributed by atoms with van der Waals surface area (Å²) in [5, 5.41) is 11.6. The van der Waals surface area contributed by atoms with Crippen LogP contribution >= 0.6 is 0 Å². The van der Waals surface area contributed by atoms with Gasteiger partial charge in [0.2, 0.25) is 0 Å². The van der Waals surface area contributed by atoms with Crippen molar-refractivity contribution in [3.63, 3.8) is 0 Å². The predicted octanol–water partition coefficient (Wildman–Crippen LogP) is 4.67. The van der Waals surface area contributed by atoms with Crippen molar-refractivity contribution in [2.45, 2.75) is 32.6 Å². The van der Waals surface area contributed by atoms with Gasteiger partial charge < -0.3 is 9.30 Å². The zero-order chi connectivity index (χ0) is 19.2. The van der Waals surface area contributed by atoms with Crippen LogP contribution in [0.1, 0.15) is 43.0 Å². The average Bonchev–Trinajstić information content (AvgIpc) is 3.11. The number of pyridine rings is 1. The molecule has 7 heteroatoms. The number of hydrogen-bond acceptors (Lipinski definition) is 5. The molecule has 0 aliphatic heterocycles. The van der Waals surface area contributed by atoms with Gasteiger partial charge in [0.25, 0.3) is 5.69 Å². The smallest absolute Gasteiger partial charge is 0.339 e. The van der Waals surface area contributed by atoms with Gasteiger partial charge in [0.05, 0.1) is 22.6 Å². The van der Waals surface area contributed by atoms with Gasteiger partial charge >= 0.3 is 5.97 Å². The van der Waals surface area contributed by atoms with Gasteiger partial charge in [-0.2, -0.15) is 0 Å². The first-order valence-corrected chi connectivity index (χ1v) is 8.99. The molecule has 0 bridgehead atoms. The minimum Gasteiger partial charge on any atom is -0.462 e. The van der Waals surface area contributed by atoms with Crippen molar-refractivity contribution < 1.29 is 14.5 Å². The summed E-state index contributed by atoms with van der Waals surface area (Å²) in [5.74, 6) is 0.247. The Morgan fingerprint density at radius 1 is 1.19 bits per heavy atom. The van der Waals surface area contributed by atoms with E-state index < -0.39 is 4.92 Å². The number of nitro groups is 1. The van der Waals surface area contributed by atoms with E-state index >= 15 is 0 Å². The molecule has 1 aromatic carbocycles. The summed E-state index contributed by atoms with van der Waals surface area (Å²) < 4.78 is 7.08. The molecule has 0 fully saturated rings. The average molecular weight is 367 g/mol. The fourth-order valence-corrected chi connectivity index (χ4v) is 2.87. The largest absolute Gasteiger partial charge is 0.462 e. The second-order valence-corrected chi connectivity index (χ2v) is 6.29. The highest BCUT2D eigenvalue weighted by molar-refractivity contribution is 5.89. The van der Waals surface area contributed by atoms with Crippen LogP contribution < -0.4 is 0 Å². The second kappa shape index (κ2) is 8.44. The van der Waals surface area contributed by atoms with E-state index in [1.54, 1.807) is 30.5 Å². The molecule has 7 nitrogen and oxygen atoms in total. The van der Waals surface area contributed by atoms with Crippen LogP contribution in [0.25, 0.3) is 16.7 Å². The molecule has 0 spiro atoms. The van der Waals surface area contributed by atoms with E-state index in [1.807, 2.05) is 4.57 Å². The van der Waals surface area contributed by atoms with Gasteiger partial charge in [-0.3, -0.25) is 10.1 Å². The monoisotopic (exact) mass is 367 g/mol. The van der Waals surface area contributed by atoms with Crippen LogP contribution in [0, 0.1) is 10.1 Å². The first kappa shape index (κ1) is 18.6. The lowest BCUT2D eigenvalue weighted by atomic mass is 10.2. The summed E-state index contributed by atoms with van der Waals surface area (Å²) >= 11 is 0. The fourth-order valence-electron chi connectivity index (χ4n) is 2.87. The van der Waals surface area contributed by atoms with E-state index in [1.165, 1.54) is 18.3 Å². The highest BCUT2D eigenvalue weighted by Gasteiger charge is 2.12. The summed E-state index contributed by atoms with van der Waals surface area (Å²) in [6.07, 6.45) is 7.48. The third-order valence-electron chi connectivity index (χ3n) is 4.35. The highest BCUT2D eigenvalue weighted by Crippen LogP contribution is 2.24. The van der Waals surface area contributed by atoms with Crippen molar-refractivity contribution in [3.8, 4) is 5.82 Å². The van der Waals surface area contributed by atoms with E-state index in [4.69, 9.17) is 4.74 Å². The van der Waals surface area contributed by atoms with Crippen LogP contribution in [0.4, 0.5) is 5.69 Å². The molecule has 140 valence electrons. The molecule has 3 rings (SSSR count). The number of aromatic nitrogens is 2. The van der Waals surface area contributed by atoms with E-state index in [0.717, 1.165) is 36.6 Å². The fraction of sp³-hybridized carbons (Fsp3) is 0.300. The van der Waals surface area contributed by atoms with Crippen molar-refractivity contribution in [2.24, 2.45) is 0 Å². The highest BCUT2D eigenvalue weighted by atomic mass is 16.6. The summed E-state index contributed by atoms with van der Waals surface area (Å²) in [5.41, 5.74) is 1.26. The maximum absolute atomic E-state index is 12.1. The lowest BCUT2D eigenvalue weighted by molar-refractivity contribution is -0.384. The summed E-state index contributed by atoms with van der Waals surface area (Å²) in [6, 6.07) is 9.87. The number of nitrogens with zero attached hydrogens (tertiary/aromatic N) is 3. The molecule has 0 aliphatic carbocycles. The SMILES string of the molecule is CCCCCCOC(=O)c1ccc(-n2ccc3cc([N+](=O)[O-])ccc32)nc1. The van der Waals surface area contributed by atoms with E-state index in [-0.39, 0.29) is 11.7 Å². The Morgan fingerprint density at radius 3 is 2.74 bits per heavy atom. The Kier molecular flexibility index (Phi) is 5.80. The third kappa shape index (κ3) is 4.31. The number of benzene rings is 1. The first-order valence-electron chi connectivity index (χ1n) is 8.99. The molecule has 2 heterocycles. The number of esters is 1. The Morgan fingerprint density at radius 2 is 2.04 bits per heavy atom. The number of non-ortho nitro benzene ring substituents is 1. The van der Waals surface area contributed by atoms with Gasteiger partial charge in [0.1, 0.15) is 5.82 Å². The zero-order valence-electron chi connectivity index (χ0n) is 15.1. The predicted molar refractivity (Wildman–Crippen MR) is 102 cm³/mol. The number of carbonyl (C=O) groups excluding carboxylic acids is 1. The Bertz CT molecular complexity index is 948. The Labute approximate surface area is 156 Å². The van der Waals surface area contributed by atoms with Gasteiger partial charge in [0, 0.05) is 29.9 Å². The van der Waals surface area contributed by atoms with Crippen LogP contribution in [0.15, 0.2) is 48.8 Å². The van der Waals surface area contributed by atoms with Crippen LogP contribution in [-0.2, 0) is 4.74 Å². The molecular formula is C20H21N3O4. The number of nitro benzene ring substituents is 1. The number of fused-ring (bicyclic) bond motifs is 1. The molecule has 0 N–H and O–H groups in total. The molecule has 0 saturated carbocycles. The summed E-state index contributed by atoms with van der Waals surface area (Å²) in [6.45, 7) is 2.55. The van der Waals surface area contributed by atoms with Crippen LogP contribution in [-0.4, -0.2) is 27.1 Å². The molecule has 3 aromatic rings. The quantitative estimate of drug-likeness (QED) is 0.250. The Hall–Kier alpha value is -3.22. The minimum atomic E-state index is -0.419. The van der Waals surface area contributed by atoms with Crippen molar-refractivity contribution in [3.05, 3.63) is 64.5 Å². The van der Waals surface area contributed by atoms with Crippen molar-refractivity contribution in [2.75, 3.05) is 6.61 Å². The van der Waals surface area contributed by atoms with Crippen molar-refractivity contribution in [1.29, 1.82) is 0 Å². The topological polar surface area (TPSA) is 87.3 Å². The van der Waals surface area contributed by atoms with Gasteiger partial charge in [-0.1, -0.05) is 26.2 Å². The molecular weight excluding hydrogens is 346 g/mol. The maximum Gasteiger partial charge on any atom is 0.339 e. The minimum absolute atomic E-state index is 0.0465. The molecule has 0 radical (unpaired) electrons. The molecule has 0 unspecified atom stereocenters. The van der Waals surface area contributed by atoms with Gasteiger partial charge in [0.15, 0.2) is 0 Å². The van der Waals surface area contributed by atoms with E-state index in [2.05, 4.69) is 11.9 Å². The van der Waals surface area contributed by atoms with Crippen molar-refractivity contribution >= 4 is 22.6 Å². The van der Waals surface area contributed by atoms with E-state index in [0.29, 0.717) is 18.0 Å². The maximum atomic E-state index is 12.1. The zero-order valence-corrected chi connectivity index (χ0v) is 15.1. The second-order valence-electron chi connectivity index (χ2n) is 6.29. The van der Waals surface area contributed by atoms with Crippen molar-refractivity contribution in [1.82, 2.24) is 9.55 Å². The standard InChI is InChI=1S/C20H21N3O4/c1-2-3-4-5-12-27-20(24)16-6-9-19(21-14-16)22-11-10-15-13-17(23(25)26)7-8-18(15)22/h6-11,13-14H,2-5,12H2,1H3. The summed E-state index contributed by atoms with van der Waals surface area (Å²) in [4.78, 5) is 26.9. The number of carbonyl (C=O) groups is 1. The first-order chi connectivity index (χ1) is 13.1. The van der Waals surface area contributed by atoms with Crippen LogP contribution in [0.5, 0.6) is 0 Å². The number of unbranched alkanes of at least 4 members (excludes halogenated alkanes) is 3. The Balaban J connectivity index is 1.71. The lowest BCUT2D eigenvalue weighted by Gasteiger charge is -2.07. The van der Waals surface area contributed by atoms with Crippen LogP contribution in [0.3, 0.4) is 0 Å². The number of hydrogen-bond donors (Lipinski definition) is 0. The van der Waals surface area contributed by atoms with Crippen LogP contribution in [0.2, 0.25) is 0 Å². The van der Waals surface area contributed by atoms with Gasteiger partial charge in [-0.25, -0.2) is 9.78 Å². The molecule has 0 atom stereocenters. The molecule has 0 amide bonds. The number of ether oxygens (including phenoxy) is 1. The van der Waals surface area contributed by atoms with Gasteiger partial charge in [-0.05, 0) is 30.7 Å². The molecule has 2 aromatic heterocycles. The normalized spacial score (nSPS) is 10.9. The molecule has 27 heavy (non-hydrogen) atoms. The molecule has 0 saturated heterocycles. The lowest BCUT2D eigenvalue weighted by Crippen LogP contribution is -2.07. The van der Waals surface area contributed by atoms with E-state index in [9.17, 15) is 14.9 Å². The third-order valence-corrected chi connectivity index (χ3v) is 4.35. The van der Waals surface area contributed by atoms with Gasteiger partial charge in [-0.15, -0.1) is 0 Å².